The molecular weight excluding hydrogens is 344 g/mol. The summed E-state index contributed by atoms with van der Waals surface area (Å²) in [5, 5.41) is 13.9. The molecule has 0 spiro atoms. The van der Waals surface area contributed by atoms with Gasteiger partial charge in [-0.1, -0.05) is 13.0 Å². The first-order chi connectivity index (χ1) is 13.0. The number of nitrogens with zero attached hydrogens (tertiary/aromatic N) is 5. The van der Waals surface area contributed by atoms with Gasteiger partial charge in [0.25, 0.3) is 5.91 Å². The standard InChI is InChI=1S/C19H26N6O2/c1-4-13-11-17(23-19(21-13)24(2)3)22-14-8-10-25(12-16(14)26)18(27)15-7-5-6-9-20-15/h5-7,9,11,14,16,26H,4,8,10,12H2,1-3H3,(H,21,22,23)/t14-,16-/m1/s1. The van der Waals surface area contributed by atoms with E-state index in [9.17, 15) is 9.90 Å². The fraction of sp³-hybridized carbons (Fsp3) is 0.474. The number of aryl methyl sites for hydroxylation is 1. The summed E-state index contributed by atoms with van der Waals surface area (Å²) in [6.07, 6.45) is 2.34. The molecule has 3 rings (SSSR count). The van der Waals surface area contributed by atoms with E-state index in [1.807, 2.05) is 32.0 Å². The second-order valence-corrected chi connectivity index (χ2v) is 6.87. The lowest BCUT2D eigenvalue weighted by molar-refractivity contribution is 0.0421. The summed E-state index contributed by atoms with van der Waals surface area (Å²) in [7, 11) is 3.80. The highest BCUT2D eigenvalue weighted by Crippen LogP contribution is 2.19. The van der Waals surface area contributed by atoms with Crippen LogP contribution < -0.4 is 10.2 Å². The second-order valence-electron chi connectivity index (χ2n) is 6.87. The van der Waals surface area contributed by atoms with Crippen molar-refractivity contribution in [1.29, 1.82) is 0 Å². The lowest BCUT2D eigenvalue weighted by Crippen LogP contribution is -2.51. The maximum Gasteiger partial charge on any atom is 0.272 e. The lowest BCUT2D eigenvalue weighted by Gasteiger charge is -2.36. The maximum absolute atomic E-state index is 12.5. The van der Waals surface area contributed by atoms with Crippen molar-refractivity contribution in [3.05, 3.63) is 41.9 Å². The van der Waals surface area contributed by atoms with Gasteiger partial charge in [-0.05, 0) is 25.0 Å². The van der Waals surface area contributed by atoms with Gasteiger partial charge in [0.15, 0.2) is 0 Å². The summed E-state index contributed by atoms with van der Waals surface area (Å²) < 4.78 is 0. The molecule has 0 bridgehead atoms. The van der Waals surface area contributed by atoms with Gasteiger partial charge in [0.1, 0.15) is 11.5 Å². The number of carbonyl (C=O) groups is 1. The molecule has 0 unspecified atom stereocenters. The minimum Gasteiger partial charge on any atom is -0.389 e. The first-order valence-corrected chi connectivity index (χ1v) is 9.18. The summed E-state index contributed by atoms with van der Waals surface area (Å²) in [6, 6.07) is 6.98. The van der Waals surface area contributed by atoms with Crippen molar-refractivity contribution in [3.63, 3.8) is 0 Å². The highest BCUT2D eigenvalue weighted by molar-refractivity contribution is 5.92. The largest absolute Gasteiger partial charge is 0.389 e. The number of aliphatic hydroxyl groups excluding tert-OH is 1. The van der Waals surface area contributed by atoms with Gasteiger partial charge in [-0.3, -0.25) is 9.78 Å². The van der Waals surface area contributed by atoms with E-state index in [4.69, 9.17) is 0 Å². The normalized spacial score (nSPS) is 19.6. The molecule has 0 radical (unpaired) electrons. The molecule has 144 valence electrons. The van der Waals surface area contributed by atoms with Crippen molar-refractivity contribution in [2.75, 3.05) is 37.4 Å². The number of amides is 1. The van der Waals surface area contributed by atoms with E-state index in [2.05, 4.69) is 20.3 Å². The molecular formula is C19H26N6O2. The Morgan fingerprint density at radius 1 is 1.37 bits per heavy atom. The van der Waals surface area contributed by atoms with Crippen LogP contribution in [0.3, 0.4) is 0 Å². The zero-order valence-corrected chi connectivity index (χ0v) is 16.0. The van der Waals surface area contributed by atoms with Crippen molar-refractivity contribution >= 4 is 17.7 Å². The number of rotatable bonds is 5. The van der Waals surface area contributed by atoms with Crippen LogP contribution in [0.15, 0.2) is 30.5 Å². The Morgan fingerprint density at radius 2 is 2.19 bits per heavy atom. The number of nitrogens with one attached hydrogen (secondary N) is 1. The summed E-state index contributed by atoms with van der Waals surface area (Å²) in [6.45, 7) is 2.86. The molecule has 2 aromatic heterocycles. The molecule has 1 amide bonds. The van der Waals surface area contributed by atoms with Crippen molar-refractivity contribution in [1.82, 2.24) is 19.9 Å². The van der Waals surface area contributed by atoms with E-state index in [0.717, 1.165) is 12.1 Å². The number of piperidine rings is 1. The van der Waals surface area contributed by atoms with Gasteiger partial charge >= 0.3 is 0 Å². The minimum absolute atomic E-state index is 0.154. The molecule has 1 fully saturated rings. The number of anilines is 2. The molecule has 3 heterocycles. The quantitative estimate of drug-likeness (QED) is 0.816. The first-order valence-electron chi connectivity index (χ1n) is 9.18. The van der Waals surface area contributed by atoms with Gasteiger partial charge in [0, 0.05) is 45.1 Å². The molecule has 27 heavy (non-hydrogen) atoms. The van der Waals surface area contributed by atoms with E-state index in [1.165, 1.54) is 0 Å². The van der Waals surface area contributed by atoms with E-state index in [0.29, 0.717) is 30.4 Å². The molecule has 1 saturated heterocycles. The predicted octanol–water partition coefficient (Wildman–Crippen LogP) is 1.19. The SMILES string of the molecule is CCc1cc(N[C@@H]2CCN(C(=O)c3ccccn3)C[C@H]2O)nc(N(C)C)n1. The number of carbonyl (C=O) groups excluding carboxylic acids is 1. The Morgan fingerprint density at radius 3 is 2.81 bits per heavy atom. The van der Waals surface area contributed by atoms with Crippen LogP contribution in [0, 0.1) is 0 Å². The van der Waals surface area contributed by atoms with Gasteiger partial charge < -0.3 is 20.2 Å². The van der Waals surface area contributed by atoms with Crippen LogP contribution in [0.4, 0.5) is 11.8 Å². The number of hydrogen-bond acceptors (Lipinski definition) is 7. The van der Waals surface area contributed by atoms with Gasteiger partial charge in [-0.25, -0.2) is 4.98 Å². The van der Waals surface area contributed by atoms with Crippen molar-refractivity contribution in [2.24, 2.45) is 0 Å². The van der Waals surface area contributed by atoms with Crippen LogP contribution in [-0.2, 0) is 6.42 Å². The van der Waals surface area contributed by atoms with Crippen molar-refractivity contribution in [3.8, 4) is 0 Å². The monoisotopic (exact) mass is 370 g/mol. The average molecular weight is 370 g/mol. The zero-order valence-electron chi connectivity index (χ0n) is 16.0. The number of aromatic nitrogens is 3. The summed E-state index contributed by atoms with van der Waals surface area (Å²) in [4.78, 5) is 29.1. The van der Waals surface area contributed by atoms with Gasteiger partial charge in [-0.2, -0.15) is 4.98 Å². The third-order valence-corrected chi connectivity index (χ3v) is 4.62. The minimum atomic E-state index is -0.686. The fourth-order valence-electron chi connectivity index (χ4n) is 3.06. The fourth-order valence-corrected chi connectivity index (χ4v) is 3.06. The van der Waals surface area contributed by atoms with E-state index < -0.39 is 6.10 Å². The lowest BCUT2D eigenvalue weighted by atomic mass is 10.0. The highest BCUT2D eigenvalue weighted by atomic mass is 16.3. The van der Waals surface area contributed by atoms with Crippen LogP contribution >= 0.6 is 0 Å². The van der Waals surface area contributed by atoms with E-state index in [1.54, 1.807) is 29.3 Å². The Hall–Kier alpha value is -2.74. The van der Waals surface area contributed by atoms with Gasteiger partial charge in [0.05, 0.1) is 12.1 Å². The topological polar surface area (TPSA) is 94.5 Å². The smallest absolute Gasteiger partial charge is 0.272 e. The summed E-state index contributed by atoms with van der Waals surface area (Å²) in [5.74, 6) is 1.17. The number of hydrogen-bond donors (Lipinski definition) is 2. The molecule has 0 saturated carbocycles. The van der Waals surface area contributed by atoms with Crippen molar-refractivity contribution < 1.29 is 9.90 Å². The van der Waals surface area contributed by atoms with Gasteiger partial charge in [-0.15, -0.1) is 0 Å². The Bertz CT molecular complexity index is 783. The first kappa shape index (κ1) is 19.0. The van der Waals surface area contributed by atoms with Crippen LogP contribution in [0.5, 0.6) is 0 Å². The van der Waals surface area contributed by atoms with Gasteiger partial charge in [0.2, 0.25) is 5.95 Å². The second kappa shape index (κ2) is 8.30. The molecule has 1 aliphatic rings. The number of β-amino-alcohol motifs (C(OH)–C–C–N with tert-alkyl or cyclic N) is 1. The molecule has 8 heteroatoms. The molecule has 2 atom stereocenters. The number of likely N-dealkylation sites (tertiary alicyclic amines) is 1. The van der Waals surface area contributed by atoms with E-state index in [-0.39, 0.29) is 18.5 Å². The highest BCUT2D eigenvalue weighted by Gasteiger charge is 2.31. The Labute approximate surface area is 159 Å². The third-order valence-electron chi connectivity index (χ3n) is 4.62. The number of aliphatic hydroxyl groups is 1. The average Bonchev–Trinajstić information content (AvgIpc) is 2.69. The Kier molecular flexibility index (Phi) is 5.85. The Balaban J connectivity index is 1.67. The molecule has 0 aromatic carbocycles. The zero-order chi connectivity index (χ0) is 19.4. The molecule has 1 aliphatic heterocycles. The molecule has 8 nitrogen and oxygen atoms in total. The van der Waals surface area contributed by atoms with E-state index >= 15 is 0 Å². The predicted molar refractivity (Wildman–Crippen MR) is 104 cm³/mol. The summed E-state index contributed by atoms with van der Waals surface area (Å²) >= 11 is 0. The molecule has 0 aliphatic carbocycles. The maximum atomic E-state index is 12.5. The summed E-state index contributed by atoms with van der Waals surface area (Å²) in [5.41, 5.74) is 1.34. The third kappa shape index (κ3) is 4.51. The molecule has 2 aromatic rings. The van der Waals surface area contributed by atoms with Crippen LogP contribution in [0.2, 0.25) is 0 Å². The van der Waals surface area contributed by atoms with Crippen LogP contribution in [0.25, 0.3) is 0 Å². The van der Waals surface area contributed by atoms with Crippen molar-refractivity contribution in [2.45, 2.75) is 31.9 Å². The van der Waals surface area contributed by atoms with Crippen LogP contribution in [0.1, 0.15) is 29.5 Å². The van der Waals surface area contributed by atoms with Crippen LogP contribution in [-0.4, -0.2) is 70.2 Å². The molecule has 2 N–H and O–H groups in total. The number of pyridine rings is 1.